The summed E-state index contributed by atoms with van der Waals surface area (Å²) in [6, 6.07) is 10.1. The third kappa shape index (κ3) is 3.74. The Morgan fingerprint density at radius 3 is 3.04 bits per heavy atom. The number of nitrogens with zero attached hydrogens (tertiary/aromatic N) is 2. The molecule has 0 spiro atoms. The van der Waals surface area contributed by atoms with E-state index in [2.05, 4.69) is 16.0 Å². The molecule has 1 aromatic heterocycles. The zero-order chi connectivity index (χ0) is 16.9. The number of carbonyl (C=O) groups is 1. The molecule has 5 heteroatoms. The van der Waals surface area contributed by atoms with Crippen LogP contribution in [0.1, 0.15) is 30.9 Å². The molecule has 3 rings (SSSR count). The van der Waals surface area contributed by atoms with Crippen molar-refractivity contribution in [1.29, 1.82) is 0 Å². The van der Waals surface area contributed by atoms with E-state index in [4.69, 9.17) is 4.74 Å². The number of ether oxygens (including phenoxy) is 1. The Morgan fingerprint density at radius 2 is 2.25 bits per heavy atom. The molecule has 2 aromatic rings. The quantitative estimate of drug-likeness (QED) is 0.883. The molecule has 24 heavy (non-hydrogen) atoms. The van der Waals surface area contributed by atoms with Gasteiger partial charge in [0.2, 0.25) is 0 Å². The van der Waals surface area contributed by atoms with Crippen molar-refractivity contribution in [2.45, 2.75) is 25.4 Å². The molecule has 1 aliphatic rings. The van der Waals surface area contributed by atoms with Crippen LogP contribution in [-0.2, 0) is 9.53 Å². The van der Waals surface area contributed by atoms with Crippen molar-refractivity contribution in [1.82, 2.24) is 9.88 Å². The topological polar surface area (TPSA) is 62.7 Å². The van der Waals surface area contributed by atoms with Crippen LogP contribution in [0.4, 0.5) is 0 Å². The van der Waals surface area contributed by atoms with Crippen LogP contribution in [0.25, 0.3) is 10.9 Å². The fourth-order valence-electron chi connectivity index (χ4n) is 3.56. The zero-order valence-corrected chi connectivity index (χ0v) is 14.0. The van der Waals surface area contributed by atoms with Crippen LogP contribution in [0.2, 0.25) is 0 Å². The Hall–Kier alpha value is -1.98. The molecule has 0 bridgehead atoms. The monoisotopic (exact) mass is 328 g/mol. The molecule has 2 unspecified atom stereocenters. The molecule has 1 aliphatic heterocycles. The van der Waals surface area contributed by atoms with Gasteiger partial charge in [-0.2, -0.15) is 0 Å². The lowest BCUT2D eigenvalue weighted by Crippen LogP contribution is -2.39. The largest absolute Gasteiger partial charge is 0.481 e. The van der Waals surface area contributed by atoms with Gasteiger partial charge >= 0.3 is 5.97 Å². The van der Waals surface area contributed by atoms with E-state index in [0.29, 0.717) is 6.54 Å². The van der Waals surface area contributed by atoms with Crippen LogP contribution in [0.5, 0.6) is 0 Å². The first-order chi connectivity index (χ1) is 11.7. The number of benzene rings is 1. The maximum atomic E-state index is 11.2. The molecule has 0 saturated carbocycles. The fraction of sp³-hybridized carbons (Fsp3) is 0.474. The molecule has 1 saturated heterocycles. The van der Waals surface area contributed by atoms with E-state index in [1.165, 1.54) is 0 Å². The third-order valence-electron chi connectivity index (χ3n) is 4.88. The van der Waals surface area contributed by atoms with E-state index < -0.39 is 5.97 Å². The number of pyridine rings is 1. The van der Waals surface area contributed by atoms with Crippen LogP contribution >= 0.6 is 0 Å². The van der Waals surface area contributed by atoms with E-state index >= 15 is 0 Å². The Labute approximate surface area is 142 Å². The van der Waals surface area contributed by atoms with E-state index in [1.54, 1.807) is 7.11 Å². The van der Waals surface area contributed by atoms with Crippen LogP contribution in [0, 0.1) is 5.92 Å². The molecule has 0 radical (unpaired) electrons. The summed E-state index contributed by atoms with van der Waals surface area (Å²) in [5, 5.41) is 10.3. The minimum atomic E-state index is -0.678. The van der Waals surface area contributed by atoms with Gasteiger partial charge in [-0.3, -0.25) is 9.78 Å². The van der Waals surface area contributed by atoms with Gasteiger partial charge in [-0.1, -0.05) is 18.2 Å². The highest BCUT2D eigenvalue weighted by Crippen LogP contribution is 2.28. The maximum Gasteiger partial charge on any atom is 0.307 e. The van der Waals surface area contributed by atoms with Gasteiger partial charge < -0.3 is 14.7 Å². The van der Waals surface area contributed by atoms with Crippen LogP contribution in [-0.4, -0.2) is 47.7 Å². The number of carboxylic acid groups (broad SMARTS) is 1. The molecule has 1 N–H and O–H groups in total. The number of para-hydroxylation sites is 1. The van der Waals surface area contributed by atoms with Crippen LogP contribution in [0.15, 0.2) is 36.5 Å². The SMILES string of the molecule is COC(CCN1CCCC(C(=O)O)C1)c1ccnc2ccccc12. The third-order valence-corrected chi connectivity index (χ3v) is 4.88. The van der Waals surface area contributed by atoms with Crippen molar-refractivity contribution >= 4 is 16.9 Å². The first-order valence-corrected chi connectivity index (χ1v) is 8.50. The maximum absolute atomic E-state index is 11.2. The van der Waals surface area contributed by atoms with Crippen molar-refractivity contribution < 1.29 is 14.6 Å². The lowest BCUT2D eigenvalue weighted by atomic mass is 9.97. The minimum absolute atomic E-state index is 0.0110. The second-order valence-corrected chi connectivity index (χ2v) is 6.41. The molecule has 1 aromatic carbocycles. The number of carboxylic acids is 1. The second kappa shape index (κ2) is 7.73. The summed E-state index contributed by atoms with van der Waals surface area (Å²) in [4.78, 5) is 17.9. The lowest BCUT2D eigenvalue weighted by molar-refractivity contribution is -0.143. The van der Waals surface area contributed by atoms with Gasteiger partial charge in [-0.15, -0.1) is 0 Å². The summed E-state index contributed by atoms with van der Waals surface area (Å²) in [6.45, 7) is 2.46. The van der Waals surface area contributed by atoms with Crippen molar-refractivity contribution in [3.63, 3.8) is 0 Å². The van der Waals surface area contributed by atoms with Crippen molar-refractivity contribution in [3.8, 4) is 0 Å². The van der Waals surface area contributed by atoms with Gasteiger partial charge in [0.05, 0.1) is 17.5 Å². The number of hydrogen-bond acceptors (Lipinski definition) is 4. The first kappa shape index (κ1) is 16.9. The molecular weight excluding hydrogens is 304 g/mol. The number of fused-ring (bicyclic) bond motifs is 1. The van der Waals surface area contributed by atoms with E-state index in [1.807, 2.05) is 30.5 Å². The summed E-state index contributed by atoms with van der Waals surface area (Å²) in [5.41, 5.74) is 2.12. The number of aromatic nitrogens is 1. The Kier molecular flexibility index (Phi) is 5.43. The standard InChI is InChI=1S/C19H24N2O3/c1-24-18(9-12-21-11-4-5-14(13-21)19(22)23)16-8-10-20-17-7-3-2-6-15(16)17/h2-3,6-8,10,14,18H,4-5,9,11-13H2,1H3,(H,22,23). The number of methoxy groups -OCH3 is 1. The smallest absolute Gasteiger partial charge is 0.307 e. The summed E-state index contributed by atoms with van der Waals surface area (Å²) < 4.78 is 5.74. The summed E-state index contributed by atoms with van der Waals surface area (Å²) in [6.07, 6.45) is 4.39. The zero-order valence-electron chi connectivity index (χ0n) is 14.0. The Bertz CT molecular complexity index is 699. The van der Waals surface area contributed by atoms with E-state index in [9.17, 15) is 9.90 Å². The number of aliphatic carboxylic acids is 1. The second-order valence-electron chi connectivity index (χ2n) is 6.41. The molecule has 1 fully saturated rings. The summed E-state index contributed by atoms with van der Waals surface area (Å²) in [5.74, 6) is -0.912. The Morgan fingerprint density at radius 1 is 1.42 bits per heavy atom. The molecule has 2 heterocycles. The highest BCUT2D eigenvalue weighted by Gasteiger charge is 2.26. The minimum Gasteiger partial charge on any atom is -0.481 e. The van der Waals surface area contributed by atoms with Crippen molar-refractivity contribution in [3.05, 3.63) is 42.1 Å². The highest BCUT2D eigenvalue weighted by atomic mass is 16.5. The van der Waals surface area contributed by atoms with Crippen molar-refractivity contribution in [2.24, 2.45) is 5.92 Å². The molecule has 2 atom stereocenters. The predicted molar refractivity (Wildman–Crippen MR) is 92.9 cm³/mol. The number of rotatable bonds is 6. The van der Waals surface area contributed by atoms with E-state index in [0.717, 1.165) is 48.8 Å². The lowest BCUT2D eigenvalue weighted by Gasteiger charge is -2.31. The predicted octanol–water partition coefficient (Wildman–Crippen LogP) is 3.11. The molecule has 128 valence electrons. The average Bonchev–Trinajstić information content (AvgIpc) is 2.62. The van der Waals surface area contributed by atoms with Crippen LogP contribution < -0.4 is 0 Å². The summed E-state index contributed by atoms with van der Waals surface area (Å²) >= 11 is 0. The Balaban J connectivity index is 1.69. The van der Waals surface area contributed by atoms with E-state index in [-0.39, 0.29) is 12.0 Å². The van der Waals surface area contributed by atoms with Crippen LogP contribution in [0.3, 0.4) is 0 Å². The van der Waals surface area contributed by atoms with Gasteiger partial charge in [-0.25, -0.2) is 0 Å². The van der Waals surface area contributed by atoms with Gasteiger partial charge in [0.15, 0.2) is 0 Å². The van der Waals surface area contributed by atoms with Gasteiger partial charge in [-0.05, 0) is 43.5 Å². The molecule has 0 amide bonds. The first-order valence-electron chi connectivity index (χ1n) is 8.50. The van der Waals surface area contributed by atoms with Gasteiger partial charge in [0.1, 0.15) is 0 Å². The normalized spacial score (nSPS) is 20.1. The number of likely N-dealkylation sites (tertiary alicyclic amines) is 1. The van der Waals surface area contributed by atoms with Gasteiger partial charge in [0.25, 0.3) is 0 Å². The summed E-state index contributed by atoms with van der Waals surface area (Å²) in [7, 11) is 1.73. The molecule has 5 nitrogen and oxygen atoms in total. The number of hydrogen-bond donors (Lipinski definition) is 1. The molecule has 0 aliphatic carbocycles. The van der Waals surface area contributed by atoms with Crippen molar-refractivity contribution in [2.75, 3.05) is 26.7 Å². The molecular formula is C19H24N2O3. The highest BCUT2D eigenvalue weighted by molar-refractivity contribution is 5.82. The van der Waals surface area contributed by atoms with Gasteiger partial charge in [0, 0.05) is 31.8 Å². The number of piperidine rings is 1. The fourth-order valence-corrected chi connectivity index (χ4v) is 3.56. The average molecular weight is 328 g/mol.